The van der Waals surface area contributed by atoms with Crippen molar-refractivity contribution in [3.05, 3.63) is 53.6 Å². The van der Waals surface area contributed by atoms with Crippen LogP contribution in [0.2, 0.25) is 0 Å². The first-order valence-corrected chi connectivity index (χ1v) is 10.5. The van der Waals surface area contributed by atoms with Crippen LogP contribution >= 0.6 is 11.8 Å². The Morgan fingerprint density at radius 1 is 1.23 bits per heavy atom. The number of hydrogen-bond donors (Lipinski definition) is 2. The SMILES string of the molecule is CCCCC1(CC)CSc2cc(O)c(OC)cc2C(c2ccccc2)N1. The fourth-order valence-corrected chi connectivity index (χ4v) is 5.07. The summed E-state index contributed by atoms with van der Waals surface area (Å²) in [5.74, 6) is 1.75. The molecule has 0 spiro atoms. The molecule has 140 valence electrons. The summed E-state index contributed by atoms with van der Waals surface area (Å²) in [6, 6.07) is 14.5. The molecule has 1 aliphatic rings. The van der Waals surface area contributed by atoms with E-state index in [2.05, 4.69) is 49.5 Å². The highest BCUT2D eigenvalue weighted by atomic mass is 32.2. The molecule has 0 fully saturated rings. The smallest absolute Gasteiger partial charge is 0.160 e. The van der Waals surface area contributed by atoms with E-state index in [-0.39, 0.29) is 17.3 Å². The van der Waals surface area contributed by atoms with Gasteiger partial charge in [-0.25, -0.2) is 0 Å². The number of ether oxygens (including phenoxy) is 1. The minimum atomic E-state index is 0.0864. The predicted molar refractivity (Wildman–Crippen MR) is 109 cm³/mol. The molecule has 2 unspecified atom stereocenters. The van der Waals surface area contributed by atoms with E-state index in [0.29, 0.717) is 5.75 Å². The lowest BCUT2D eigenvalue weighted by atomic mass is 9.88. The van der Waals surface area contributed by atoms with Gasteiger partial charge in [-0.05, 0) is 36.1 Å². The fourth-order valence-electron chi connectivity index (χ4n) is 3.67. The van der Waals surface area contributed by atoms with Crippen LogP contribution in [0.1, 0.15) is 56.7 Å². The Hall–Kier alpha value is -1.65. The fraction of sp³-hybridized carbons (Fsp3) is 0.455. The van der Waals surface area contributed by atoms with Gasteiger partial charge in [0, 0.05) is 16.2 Å². The summed E-state index contributed by atoms with van der Waals surface area (Å²) in [5.41, 5.74) is 2.52. The maximum Gasteiger partial charge on any atom is 0.160 e. The molecular formula is C22H29NO2S. The molecule has 0 amide bonds. The second-order valence-corrected chi connectivity index (χ2v) is 8.09. The Kier molecular flexibility index (Phi) is 6.15. The van der Waals surface area contributed by atoms with Crippen LogP contribution in [0.4, 0.5) is 0 Å². The van der Waals surface area contributed by atoms with Crippen molar-refractivity contribution >= 4 is 11.8 Å². The molecule has 0 radical (unpaired) electrons. The lowest BCUT2D eigenvalue weighted by Crippen LogP contribution is -2.48. The van der Waals surface area contributed by atoms with Crippen molar-refractivity contribution in [1.82, 2.24) is 5.32 Å². The van der Waals surface area contributed by atoms with Gasteiger partial charge in [0.25, 0.3) is 0 Å². The van der Waals surface area contributed by atoms with Gasteiger partial charge in [0.2, 0.25) is 0 Å². The normalized spacial score (nSPS) is 22.5. The first kappa shape index (κ1) is 19.1. The summed E-state index contributed by atoms with van der Waals surface area (Å²) in [7, 11) is 1.60. The van der Waals surface area contributed by atoms with Crippen LogP contribution < -0.4 is 10.1 Å². The molecular weight excluding hydrogens is 342 g/mol. The molecule has 0 saturated carbocycles. The standard InChI is InChI=1S/C22H29NO2S/c1-4-6-12-22(5-2)15-26-20-14-18(24)19(25-3)13-17(20)21(23-22)16-10-8-7-9-11-16/h7-11,13-14,21,23-24H,4-6,12,15H2,1-3H3. The maximum absolute atomic E-state index is 10.3. The first-order valence-electron chi connectivity index (χ1n) is 9.49. The zero-order valence-electron chi connectivity index (χ0n) is 15.9. The van der Waals surface area contributed by atoms with Crippen molar-refractivity contribution in [2.45, 2.75) is 56.0 Å². The van der Waals surface area contributed by atoms with E-state index in [1.165, 1.54) is 24.0 Å². The molecule has 1 aliphatic heterocycles. The summed E-state index contributed by atoms with van der Waals surface area (Å²) in [6.07, 6.45) is 4.66. The van der Waals surface area contributed by atoms with E-state index < -0.39 is 0 Å². The number of benzene rings is 2. The monoisotopic (exact) mass is 371 g/mol. The van der Waals surface area contributed by atoms with Crippen molar-refractivity contribution in [1.29, 1.82) is 0 Å². The van der Waals surface area contributed by atoms with Gasteiger partial charge >= 0.3 is 0 Å². The summed E-state index contributed by atoms with van der Waals surface area (Å²) >= 11 is 1.85. The van der Waals surface area contributed by atoms with Crippen molar-refractivity contribution in [2.75, 3.05) is 12.9 Å². The minimum absolute atomic E-state index is 0.0864. The highest BCUT2D eigenvalue weighted by Crippen LogP contribution is 2.44. The van der Waals surface area contributed by atoms with E-state index in [0.717, 1.165) is 23.5 Å². The van der Waals surface area contributed by atoms with Crippen LogP contribution in [0, 0.1) is 0 Å². The number of phenols is 1. The number of aromatic hydroxyl groups is 1. The molecule has 2 aromatic rings. The largest absolute Gasteiger partial charge is 0.504 e. The number of methoxy groups -OCH3 is 1. The lowest BCUT2D eigenvalue weighted by Gasteiger charge is -2.36. The van der Waals surface area contributed by atoms with Crippen LogP contribution in [0.5, 0.6) is 11.5 Å². The molecule has 0 aliphatic carbocycles. The van der Waals surface area contributed by atoms with Crippen LogP contribution in [0.25, 0.3) is 0 Å². The molecule has 4 heteroatoms. The van der Waals surface area contributed by atoms with E-state index in [4.69, 9.17) is 4.74 Å². The molecule has 3 rings (SSSR count). The van der Waals surface area contributed by atoms with Gasteiger partial charge in [0.05, 0.1) is 13.2 Å². The quantitative estimate of drug-likeness (QED) is 0.701. The average molecular weight is 372 g/mol. The van der Waals surface area contributed by atoms with E-state index in [1.807, 2.05) is 23.9 Å². The molecule has 26 heavy (non-hydrogen) atoms. The third-order valence-corrected chi connectivity index (χ3v) is 6.76. The number of nitrogens with one attached hydrogen (secondary N) is 1. The van der Waals surface area contributed by atoms with Gasteiger partial charge in [0.1, 0.15) is 0 Å². The van der Waals surface area contributed by atoms with Crippen molar-refractivity contribution in [3.8, 4) is 11.5 Å². The van der Waals surface area contributed by atoms with Gasteiger partial charge in [-0.1, -0.05) is 57.0 Å². The molecule has 2 N–H and O–H groups in total. The Bertz CT molecular complexity index is 734. The number of unbranched alkanes of at least 4 members (excludes halogenated alkanes) is 1. The number of fused-ring (bicyclic) bond motifs is 1. The molecule has 0 aromatic heterocycles. The summed E-state index contributed by atoms with van der Waals surface area (Å²) < 4.78 is 5.39. The van der Waals surface area contributed by atoms with Gasteiger partial charge < -0.3 is 9.84 Å². The summed E-state index contributed by atoms with van der Waals surface area (Å²) in [6.45, 7) is 4.53. The van der Waals surface area contributed by atoms with E-state index in [1.54, 1.807) is 7.11 Å². The Labute approximate surface area is 161 Å². The maximum atomic E-state index is 10.3. The average Bonchev–Trinajstić information content (AvgIpc) is 2.84. The number of thioether (sulfide) groups is 1. The van der Waals surface area contributed by atoms with Gasteiger partial charge in [-0.3, -0.25) is 5.32 Å². The second kappa shape index (κ2) is 8.36. The summed E-state index contributed by atoms with van der Waals surface area (Å²) in [5, 5.41) is 14.3. The number of hydrogen-bond acceptors (Lipinski definition) is 4. The van der Waals surface area contributed by atoms with Crippen molar-refractivity contribution in [2.24, 2.45) is 0 Å². The highest BCUT2D eigenvalue weighted by molar-refractivity contribution is 7.99. The van der Waals surface area contributed by atoms with Crippen LogP contribution in [-0.4, -0.2) is 23.5 Å². The van der Waals surface area contributed by atoms with Crippen molar-refractivity contribution < 1.29 is 9.84 Å². The summed E-state index contributed by atoms with van der Waals surface area (Å²) in [4.78, 5) is 1.14. The predicted octanol–water partition coefficient (Wildman–Crippen LogP) is 5.52. The third kappa shape index (κ3) is 3.86. The second-order valence-electron chi connectivity index (χ2n) is 7.08. The molecule has 1 heterocycles. The molecule has 0 saturated heterocycles. The Morgan fingerprint density at radius 2 is 2.00 bits per heavy atom. The zero-order chi connectivity index (χ0) is 18.6. The Balaban J connectivity index is 2.09. The van der Waals surface area contributed by atoms with Gasteiger partial charge in [0.15, 0.2) is 11.5 Å². The van der Waals surface area contributed by atoms with Crippen LogP contribution in [0.3, 0.4) is 0 Å². The van der Waals surface area contributed by atoms with E-state index in [9.17, 15) is 5.11 Å². The van der Waals surface area contributed by atoms with Crippen molar-refractivity contribution in [3.63, 3.8) is 0 Å². The van der Waals surface area contributed by atoms with Crippen LogP contribution in [-0.2, 0) is 0 Å². The molecule has 0 bridgehead atoms. The lowest BCUT2D eigenvalue weighted by molar-refractivity contribution is 0.297. The highest BCUT2D eigenvalue weighted by Gasteiger charge is 2.36. The zero-order valence-corrected chi connectivity index (χ0v) is 16.7. The molecule has 2 aromatic carbocycles. The number of rotatable bonds is 6. The first-order chi connectivity index (χ1) is 12.6. The van der Waals surface area contributed by atoms with E-state index >= 15 is 0 Å². The van der Waals surface area contributed by atoms with Gasteiger partial charge in [-0.2, -0.15) is 0 Å². The minimum Gasteiger partial charge on any atom is -0.504 e. The Morgan fingerprint density at radius 3 is 2.65 bits per heavy atom. The molecule has 3 nitrogen and oxygen atoms in total. The third-order valence-electron chi connectivity index (χ3n) is 5.40. The van der Waals surface area contributed by atoms with Crippen LogP contribution in [0.15, 0.2) is 47.4 Å². The topological polar surface area (TPSA) is 41.5 Å². The van der Waals surface area contributed by atoms with Gasteiger partial charge in [-0.15, -0.1) is 11.8 Å². The molecule has 2 atom stereocenters. The number of phenolic OH excluding ortho intramolecular Hbond substituents is 1.